The van der Waals surface area contributed by atoms with Gasteiger partial charge in [-0.15, -0.1) is 10.2 Å². The van der Waals surface area contributed by atoms with Crippen molar-refractivity contribution in [2.75, 3.05) is 12.4 Å². The van der Waals surface area contributed by atoms with Gasteiger partial charge in [-0.2, -0.15) is 4.68 Å². The lowest BCUT2D eigenvalue weighted by molar-refractivity contribution is 0.414. The molecule has 0 aliphatic rings. The van der Waals surface area contributed by atoms with Gasteiger partial charge >= 0.3 is 5.56 Å². The minimum Gasteiger partial charge on any atom is -0.497 e. The van der Waals surface area contributed by atoms with Crippen LogP contribution < -0.4 is 15.6 Å². The SMILES string of the molecule is COc1cccc(CSc2nnc(Nc3cc(C)ccc3C)c(=O)n2-n2cccc2)c1. The summed E-state index contributed by atoms with van der Waals surface area (Å²) in [4.78, 5) is 13.3. The zero-order valence-electron chi connectivity index (χ0n) is 17.6. The van der Waals surface area contributed by atoms with Gasteiger partial charge < -0.3 is 10.1 Å². The van der Waals surface area contributed by atoms with Gasteiger partial charge in [-0.05, 0) is 60.9 Å². The molecule has 0 radical (unpaired) electrons. The summed E-state index contributed by atoms with van der Waals surface area (Å²) in [6.45, 7) is 3.99. The topological polar surface area (TPSA) is 74.0 Å². The van der Waals surface area contributed by atoms with E-state index in [1.54, 1.807) is 24.2 Å². The van der Waals surface area contributed by atoms with Crippen LogP contribution in [0.15, 0.2) is 76.9 Å². The average molecular weight is 434 g/mol. The summed E-state index contributed by atoms with van der Waals surface area (Å²) in [5.41, 5.74) is 3.74. The van der Waals surface area contributed by atoms with Crippen molar-refractivity contribution in [3.8, 4) is 5.75 Å². The maximum atomic E-state index is 13.3. The maximum Gasteiger partial charge on any atom is 0.316 e. The Hall–Kier alpha value is -3.52. The minimum absolute atomic E-state index is 0.174. The first-order valence-electron chi connectivity index (χ1n) is 9.78. The standard InChI is InChI=1S/C23H23N5O2S/c1-16-9-10-17(2)20(13-16)24-21-22(29)28(27-11-4-5-12-27)23(26-25-21)31-15-18-7-6-8-19(14-18)30-3/h4-14H,15H2,1-3H3,(H,24,25). The molecule has 0 amide bonds. The van der Waals surface area contributed by atoms with E-state index in [0.29, 0.717) is 10.9 Å². The maximum absolute atomic E-state index is 13.3. The van der Waals surface area contributed by atoms with Crippen LogP contribution in [-0.2, 0) is 5.75 Å². The largest absolute Gasteiger partial charge is 0.497 e. The molecule has 31 heavy (non-hydrogen) atoms. The second kappa shape index (κ2) is 9.09. The van der Waals surface area contributed by atoms with E-state index in [2.05, 4.69) is 15.5 Å². The van der Waals surface area contributed by atoms with Gasteiger partial charge in [0.1, 0.15) is 5.75 Å². The normalized spacial score (nSPS) is 10.8. The van der Waals surface area contributed by atoms with Gasteiger partial charge in [0, 0.05) is 23.8 Å². The van der Waals surface area contributed by atoms with Gasteiger partial charge in [0.25, 0.3) is 0 Å². The molecule has 0 aliphatic carbocycles. The van der Waals surface area contributed by atoms with Crippen LogP contribution in [0.4, 0.5) is 11.5 Å². The van der Waals surface area contributed by atoms with E-state index in [1.807, 2.05) is 68.4 Å². The summed E-state index contributed by atoms with van der Waals surface area (Å²) >= 11 is 1.44. The molecule has 1 N–H and O–H groups in total. The number of nitrogens with one attached hydrogen (secondary N) is 1. The van der Waals surface area contributed by atoms with Crippen molar-refractivity contribution in [1.29, 1.82) is 0 Å². The number of aromatic nitrogens is 4. The van der Waals surface area contributed by atoms with Crippen LogP contribution in [0.5, 0.6) is 5.75 Å². The molecule has 0 saturated heterocycles. The molecular weight excluding hydrogens is 410 g/mol. The predicted molar refractivity (Wildman–Crippen MR) is 123 cm³/mol. The molecule has 0 fully saturated rings. The number of aryl methyl sites for hydroxylation is 2. The lowest BCUT2D eigenvalue weighted by atomic mass is 10.1. The second-order valence-electron chi connectivity index (χ2n) is 7.09. The van der Waals surface area contributed by atoms with Crippen LogP contribution in [0, 0.1) is 13.8 Å². The third-order valence-corrected chi connectivity index (χ3v) is 5.77. The van der Waals surface area contributed by atoms with Crippen LogP contribution in [0.25, 0.3) is 0 Å². The molecule has 158 valence electrons. The van der Waals surface area contributed by atoms with E-state index >= 15 is 0 Å². The average Bonchev–Trinajstić information content (AvgIpc) is 3.31. The highest BCUT2D eigenvalue weighted by molar-refractivity contribution is 7.98. The highest BCUT2D eigenvalue weighted by Crippen LogP contribution is 2.24. The van der Waals surface area contributed by atoms with Gasteiger partial charge in [-0.25, -0.2) is 0 Å². The van der Waals surface area contributed by atoms with Crippen LogP contribution in [0.2, 0.25) is 0 Å². The number of hydrogen-bond acceptors (Lipinski definition) is 6. The molecule has 4 rings (SSSR count). The van der Waals surface area contributed by atoms with Crippen LogP contribution in [-0.4, -0.2) is 26.7 Å². The number of benzene rings is 2. The first-order chi connectivity index (χ1) is 15.0. The predicted octanol–water partition coefficient (Wildman–Crippen LogP) is 4.41. The first kappa shape index (κ1) is 20.7. The Labute approximate surface area is 184 Å². The second-order valence-corrected chi connectivity index (χ2v) is 8.04. The summed E-state index contributed by atoms with van der Waals surface area (Å²) in [5.74, 6) is 1.59. The lowest BCUT2D eigenvalue weighted by Gasteiger charge is -2.15. The van der Waals surface area contributed by atoms with E-state index in [1.165, 1.54) is 16.4 Å². The fraction of sp³-hybridized carbons (Fsp3) is 0.174. The van der Waals surface area contributed by atoms with Gasteiger partial charge in [-0.3, -0.25) is 9.47 Å². The number of ether oxygens (including phenoxy) is 1. The van der Waals surface area contributed by atoms with Gasteiger partial charge in [0.05, 0.1) is 7.11 Å². The Kier molecular flexibility index (Phi) is 6.08. The summed E-state index contributed by atoms with van der Waals surface area (Å²) in [5, 5.41) is 12.2. The quantitative estimate of drug-likeness (QED) is 0.435. The van der Waals surface area contributed by atoms with Crippen molar-refractivity contribution < 1.29 is 4.74 Å². The molecule has 2 aromatic heterocycles. The Morgan fingerprint density at radius 1 is 1.03 bits per heavy atom. The molecule has 0 unspecified atom stereocenters. The van der Waals surface area contributed by atoms with Gasteiger partial charge in [0.15, 0.2) is 0 Å². The highest BCUT2D eigenvalue weighted by atomic mass is 32.2. The van der Waals surface area contributed by atoms with Crippen molar-refractivity contribution in [2.45, 2.75) is 24.8 Å². The smallest absolute Gasteiger partial charge is 0.316 e. The molecule has 2 aromatic carbocycles. The Balaban J connectivity index is 1.68. The van der Waals surface area contributed by atoms with E-state index < -0.39 is 0 Å². The molecule has 7 nitrogen and oxygen atoms in total. The zero-order chi connectivity index (χ0) is 21.8. The molecule has 0 saturated carbocycles. The monoisotopic (exact) mass is 433 g/mol. The summed E-state index contributed by atoms with van der Waals surface area (Å²) in [7, 11) is 1.64. The van der Waals surface area contributed by atoms with Crippen molar-refractivity contribution in [3.63, 3.8) is 0 Å². The van der Waals surface area contributed by atoms with Crippen LogP contribution in [0.1, 0.15) is 16.7 Å². The molecule has 8 heteroatoms. The lowest BCUT2D eigenvalue weighted by Crippen LogP contribution is -2.30. The Morgan fingerprint density at radius 3 is 2.61 bits per heavy atom. The number of anilines is 2. The third kappa shape index (κ3) is 4.64. The Morgan fingerprint density at radius 2 is 1.84 bits per heavy atom. The fourth-order valence-corrected chi connectivity index (χ4v) is 3.98. The highest BCUT2D eigenvalue weighted by Gasteiger charge is 2.15. The molecule has 4 aromatic rings. The van der Waals surface area contributed by atoms with Gasteiger partial charge in [-0.1, -0.05) is 36.0 Å². The molecule has 0 bridgehead atoms. The summed E-state index contributed by atoms with van der Waals surface area (Å²) in [6, 6.07) is 17.6. The molecule has 2 heterocycles. The third-order valence-electron chi connectivity index (χ3n) is 4.78. The molecule has 0 aliphatic heterocycles. The van der Waals surface area contributed by atoms with Crippen molar-refractivity contribution in [2.24, 2.45) is 0 Å². The Bertz CT molecular complexity index is 1250. The van der Waals surface area contributed by atoms with Crippen molar-refractivity contribution >= 4 is 23.3 Å². The van der Waals surface area contributed by atoms with E-state index in [0.717, 1.165) is 28.1 Å². The molecular formula is C23H23N5O2S. The van der Waals surface area contributed by atoms with Crippen molar-refractivity contribution in [1.82, 2.24) is 19.5 Å². The number of methoxy groups -OCH3 is 1. The van der Waals surface area contributed by atoms with Crippen molar-refractivity contribution in [3.05, 3.63) is 94.0 Å². The van der Waals surface area contributed by atoms with E-state index in [-0.39, 0.29) is 11.4 Å². The fourth-order valence-electron chi connectivity index (χ4n) is 3.10. The number of hydrogen-bond donors (Lipinski definition) is 1. The number of rotatable bonds is 7. The van der Waals surface area contributed by atoms with Crippen LogP contribution in [0.3, 0.4) is 0 Å². The first-order valence-corrected chi connectivity index (χ1v) is 10.8. The molecule has 0 atom stereocenters. The number of thioether (sulfide) groups is 1. The van der Waals surface area contributed by atoms with Gasteiger partial charge in [0.2, 0.25) is 11.0 Å². The van der Waals surface area contributed by atoms with E-state index in [9.17, 15) is 4.79 Å². The number of nitrogens with zero attached hydrogens (tertiary/aromatic N) is 4. The summed E-state index contributed by atoms with van der Waals surface area (Å²) < 4.78 is 8.52. The van der Waals surface area contributed by atoms with E-state index in [4.69, 9.17) is 4.74 Å². The summed E-state index contributed by atoms with van der Waals surface area (Å²) in [6.07, 6.45) is 3.61. The zero-order valence-corrected chi connectivity index (χ0v) is 18.4. The van der Waals surface area contributed by atoms with Crippen LogP contribution >= 0.6 is 11.8 Å². The molecule has 0 spiro atoms. The minimum atomic E-state index is -0.278.